The Bertz CT molecular complexity index is 150. The monoisotopic (exact) mass is 154 g/mol. The van der Waals surface area contributed by atoms with Gasteiger partial charge in [0, 0.05) is 26.1 Å². The second kappa shape index (κ2) is 4.26. The molecule has 2 N–H and O–H groups in total. The lowest BCUT2D eigenvalue weighted by Crippen LogP contribution is -2.52. The molecule has 0 amide bonds. The quantitative estimate of drug-likeness (QED) is 0.548. The van der Waals surface area contributed by atoms with Crippen molar-refractivity contribution >= 4 is 5.78 Å². The third kappa shape index (κ3) is 2.44. The van der Waals surface area contributed by atoms with Crippen molar-refractivity contribution in [2.75, 3.05) is 19.6 Å². The third-order valence-corrected chi connectivity index (χ3v) is 1.78. The molecule has 1 aliphatic heterocycles. The Balaban J connectivity index is 2.32. The van der Waals surface area contributed by atoms with Crippen LogP contribution in [0.4, 0.5) is 0 Å². The summed E-state index contributed by atoms with van der Waals surface area (Å²) < 4.78 is 0. The van der Waals surface area contributed by atoms with E-state index in [1.165, 1.54) is 0 Å². The zero-order valence-electron chi connectivity index (χ0n) is 6.60. The lowest BCUT2D eigenvalue weighted by atomic mass is 10.1. The van der Waals surface area contributed by atoms with Crippen LogP contribution in [0.25, 0.3) is 0 Å². The van der Waals surface area contributed by atoms with Crippen molar-refractivity contribution in [3.63, 3.8) is 0 Å². The molecular weight excluding hydrogens is 140 g/mol. The summed E-state index contributed by atoms with van der Waals surface area (Å²) >= 11 is 0. The minimum absolute atomic E-state index is 0.00162. The Morgan fingerprint density at radius 1 is 1.64 bits per heavy atom. The standard InChI is InChI=1S/C8H14N2O/c1-2-3-8(11)7-6-9-4-5-10-7/h2,7,9-10H,1,3-6H2. The van der Waals surface area contributed by atoms with Gasteiger partial charge in [-0.2, -0.15) is 0 Å². The highest BCUT2D eigenvalue weighted by atomic mass is 16.1. The summed E-state index contributed by atoms with van der Waals surface area (Å²) in [5.41, 5.74) is 0. The SMILES string of the molecule is C=CCC(=O)C1CNCCN1. The molecule has 0 saturated carbocycles. The molecule has 0 aromatic carbocycles. The molecule has 0 aliphatic carbocycles. The summed E-state index contributed by atoms with van der Waals surface area (Å²) in [5, 5.41) is 6.30. The topological polar surface area (TPSA) is 41.1 Å². The number of Topliss-reactive ketones (excluding diaryl/α,β-unsaturated/α-hetero) is 1. The molecule has 0 radical (unpaired) electrons. The van der Waals surface area contributed by atoms with Gasteiger partial charge in [0.05, 0.1) is 6.04 Å². The van der Waals surface area contributed by atoms with Crippen molar-refractivity contribution < 1.29 is 4.79 Å². The molecule has 1 saturated heterocycles. The molecule has 1 atom stereocenters. The molecule has 1 heterocycles. The van der Waals surface area contributed by atoms with Crippen molar-refractivity contribution in [3.8, 4) is 0 Å². The van der Waals surface area contributed by atoms with E-state index in [4.69, 9.17) is 0 Å². The molecule has 3 heteroatoms. The summed E-state index contributed by atoms with van der Waals surface area (Å²) in [6.07, 6.45) is 2.12. The van der Waals surface area contributed by atoms with Gasteiger partial charge in [-0.25, -0.2) is 0 Å². The van der Waals surface area contributed by atoms with Crippen molar-refractivity contribution in [2.45, 2.75) is 12.5 Å². The summed E-state index contributed by atoms with van der Waals surface area (Å²) in [4.78, 5) is 11.2. The van der Waals surface area contributed by atoms with Gasteiger partial charge in [0.15, 0.2) is 5.78 Å². The Morgan fingerprint density at radius 2 is 2.45 bits per heavy atom. The fourth-order valence-corrected chi connectivity index (χ4v) is 1.17. The van der Waals surface area contributed by atoms with Gasteiger partial charge in [-0.05, 0) is 0 Å². The fraction of sp³-hybridized carbons (Fsp3) is 0.625. The first-order chi connectivity index (χ1) is 5.34. The molecule has 0 aromatic heterocycles. The van der Waals surface area contributed by atoms with Gasteiger partial charge in [-0.1, -0.05) is 6.08 Å². The molecule has 1 unspecified atom stereocenters. The van der Waals surface area contributed by atoms with Crippen LogP contribution in [0, 0.1) is 0 Å². The van der Waals surface area contributed by atoms with Crippen LogP contribution in [-0.4, -0.2) is 31.5 Å². The molecule has 62 valence electrons. The van der Waals surface area contributed by atoms with Crippen LogP contribution in [0.5, 0.6) is 0 Å². The molecule has 1 aliphatic rings. The van der Waals surface area contributed by atoms with Crippen LogP contribution >= 0.6 is 0 Å². The molecule has 0 aromatic rings. The largest absolute Gasteiger partial charge is 0.313 e. The average Bonchev–Trinajstić information content (AvgIpc) is 2.07. The van der Waals surface area contributed by atoms with Gasteiger partial charge in [-0.3, -0.25) is 4.79 Å². The Hall–Kier alpha value is -0.670. The summed E-state index contributed by atoms with van der Waals surface area (Å²) in [6.45, 7) is 6.12. The fourth-order valence-electron chi connectivity index (χ4n) is 1.17. The van der Waals surface area contributed by atoms with Crippen LogP contribution in [0.3, 0.4) is 0 Å². The Labute approximate surface area is 66.9 Å². The number of piperazine rings is 1. The van der Waals surface area contributed by atoms with Crippen LogP contribution in [-0.2, 0) is 4.79 Å². The number of carbonyl (C=O) groups is 1. The normalized spacial score (nSPS) is 24.5. The first-order valence-electron chi connectivity index (χ1n) is 3.92. The van der Waals surface area contributed by atoms with E-state index in [2.05, 4.69) is 17.2 Å². The van der Waals surface area contributed by atoms with Gasteiger partial charge < -0.3 is 10.6 Å². The highest BCUT2D eigenvalue weighted by Gasteiger charge is 2.17. The van der Waals surface area contributed by atoms with Crippen molar-refractivity contribution in [1.82, 2.24) is 10.6 Å². The molecule has 11 heavy (non-hydrogen) atoms. The average molecular weight is 154 g/mol. The van der Waals surface area contributed by atoms with E-state index in [9.17, 15) is 4.79 Å². The molecule has 0 spiro atoms. The molecule has 0 bridgehead atoms. The number of rotatable bonds is 3. The third-order valence-electron chi connectivity index (χ3n) is 1.78. The van der Waals surface area contributed by atoms with Crippen LogP contribution in [0.2, 0.25) is 0 Å². The highest BCUT2D eigenvalue weighted by molar-refractivity contribution is 5.85. The van der Waals surface area contributed by atoms with Crippen molar-refractivity contribution in [2.24, 2.45) is 0 Å². The Kier molecular flexibility index (Phi) is 3.26. The number of allylic oxidation sites excluding steroid dienone is 1. The lowest BCUT2D eigenvalue weighted by molar-refractivity contribution is -0.120. The minimum Gasteiger partial charge on any atom is -0.313 e. The second-order valence-corrected chi connectivity index (χ2v) is 2.67. The van der Waals surface area contributed by atoms with E-state index >= 15 is 0 Å². The Morgan fingerprint density at radius 3 is 3.00 bits per heavy atom. The minimum atomic E-state index is 0.00162. The summed E-state index contributed by atoms with van der Waals surface area (Å²) in [5.74, 6) is 0.229. The first-order valence-corrected chi connectivity index (χ1v) is 3.92. The van der Waals surface area contributed by atoms with E-state index in [1.807, 2.05) is 0 Å². The molecule has 3 nitrogen and oxygen atoms in total. The van der Waals surface area contributed by atoms with Crippen molar-refractivity contribution in [1.29, 1.82) is 0 Å². The van der Waals surface area contributed by atoms with E-state index in [0.717, 1.165) is 19.6 Å². The zero-order chi connectivity index (χ0) is 8.10. The van der Waals surface area contributed by atoms with Gasteiger partial charge in [0.1, 0.15) is 0 Å². The second-order valence-electron chi connectivity index (χ2n) is 2.67. The van der Waals surface area contributed by atoms with Crippen LogP contribution < -0.4 is 10.6 Å². The molecular formula is C8H14N2O. The van der Waals surface area contributed by atoms with Crippen LogP contribution in [0.1, 0.15) is 6.42 Å². The molecule has 1 rings (SSSR count). The van der Waals surface area contributed by atoms with Crippen LogP contribution in [0.15, 0.2) is 12.7 Å². The van der Waals surface area contributed by atoms with Gasteiger partial charge >= 0.3 is 0 Å². The summed E-state index contributed by atoms with van der Waals surface area (Å²) in [7, 11) is 0. The molecule has 1 fully saturated rings. The van der Waals surface area contributed by atoms with Gasteiger partial charge in [-0.15, -0.1) is 6.58 Å². The zero-order valence-corrected chi connectivity index (χ0v) is 6.60. The maximum atomic E-state index is 11.2. The summed E-state index contributed by atoms with van der Waals surface area (Å²) in [6, 6.07) is 0.00162. The lowest BCUT2D eigenvalue weighted by Gasteiger charge is -2.22. The van der Waals surface area contributed by atoms with E-state index in [-0.39, 0.29) is 11.8 Å². The number of ketones is 1. The van der Waals surface area contributed by atoms with E-state index < -0.39 is 0 Å². The number of hydrogen-bond acceptors (Lipinski definition) is 3. The van der Waals surface area contributed by atoms with Gasteiger partial charge in [0.25, 0.3) is 0 Å². The van der Waals surface area contributed by atoms with E-state index in [0.29, 0.717) is 6.42 Å². The maximum Gasteiger partial charge on any atom is 0.154 e. The predicted octanol–water partition coefficient (Wildman–Crippen LogP) is -0.307. The van der Waals surface area contributed by atoms with Crippen molar-refractivity contribution in [3.05, 3.63) is 12.7 Å². The number of nitrogens with one attached hydrogen (secondary N) is 2. The number of carbonyl (C=O) groups excluding carboxylic acids is 1. The van der Waals surface area contributed by atoms with Gasteiger partial charge in [0.2, 0.25) is 0 Å². The maximum absolute atomic E-state index is 11.2. The first kappa shape index (κ1) is 8.43. The smallest absolute Gasteiger partial charge is 0.154 e. The number of hydrogen-bond donors (Lipinski definition) is 2. The predicted molar refractivity (Wildman–Crippen MR) is 44.5 cm³/mol. The highest BCUT2D eigenvalue weighted by Crippen LogP contribution is 1.94. The van der Waals surface area contributed by atoms with E-state index in [1.54, 1.807) is 6.08 Å².